The quantitative estimate of drug-likeness (QED) is 0.873. The van der Waals surface area contributed by atoms with Crippen molar-refractivity contribution in [1.29, 1.82) is 0 Å². The van der Waals surface area contributed by atoms with E-state index >= 15 is 0 Å². The summed E-state index contributed by atoms with van der Waals surface area (Å²) in [7, 11) is 2.89. The van der Waals surface area contributed by atoms with Crippen LogP contribution in [0.15, 0.2) is 18.2 Å². The Bertz CT molecular complexity index is 643. The molecule has 2 aromatic rings. The summed E-state index contributed by atoms with van der Waals surface area (Å²) in [4.78, 5) is 11.7. The number of aryl methyl sites for hydroxylation is 1. The third kappa shape index (κ3) is 2.86. The van der Waals surface area contributed by atoms with Crippen LogP contribution >= 0.6 is 23.1 Å². The molecule has 106 valence electrons. The van der Waals surface area contributed by atoms with E-state index in [1.54, 1.807) is 32.2 Å². The Labute approximate surface area is 125 Å². The van der Waals surface area contributed by atoms with Gasteiger partial charge in [-0.25, -0.2) is 4.79 Å². The van der Waals surface area contributed by atoms with Crippen LogP contribution in [0.3, 0.4) is 0 Å². The molecule has 0 atom stereocenters. The molecule has 0 saturated heterocycles. The van der Waals surface area contributed by atoms with E-state index in [2.05, 4.69) is 9.69 Å². The van der Waals surface area contributed by atoms with Crippen LogP contribution in [0.4, 0.5) is 10.7 Å². The largest absolute Gasteiger partial charge is 0.495 e. The van der Waals surface area contributed by atoms with Crippen molar-refractivity contribution in [2.45, 2.75) is 6.92 Å². The molecule has 0 spiro atoms. The molecule has 1 heterocycles. The lowest BCUT2D eigenvalue weighted by atomic mass is 10.2. The normalized spacial score (nSPS) is 10.2. The summed E-state index contributed by atoms with van der Waals surface area (Å²) in [5.41, 5.74) is 1.80. The van der Waals surface area contributed by atoms with Crippen LogP contribution in [0.1, 0.15) is 16.1 Å². The van der Waals surface area contributed by atoms with Crippen molar-refractivity contribution in [3.05, 3.63) is 34.5 Å². The second-order valence-electron chi connectivity index (χ2n) is 3.94. The highest BCUT2D eigenvalue weighted by atomic mass is 35.5. The summed E-state index contributed by atoms with van der Waals surface area (Å²) >= 11 is 7.26. The van der Waals surface area contributed by atoms with Crippen LogP contribution < -0.4 is 10.1 Å². The van der Waals surface area contributed by atoms with Crippen LogP contribution in [0.25, 0.3) is 0 Å². The molecular formula is C13H13ClN2O3S. The molecule has 2 rings (SSSR count). The Hall–Kier alpha value is -1.79. The van der Waals surface area contributed by atoms with Crippen molar-refractivity contribution in [1.82, 2.24) is 4.37 Å². The van der Waals surface area contributed by atoms with Gasteiger partial charge in [0, 0.05) is 5.69 Å². The van der Waals surface area contributed by atoms with Gasteiger partial charge in [0.1, 0.15) is 16.3 Å². The second-order valence-corrected chi connectivity index (χ2v) is 5.12. The minimum absolute atomic E-state index is 0.418. The number of hydrogen-bond acceptors (Lipinski definition) is 6. The monoisotopic (exact) mass is 312 g/mol. The maximum Gasteiger partial charge on any atom is 0.342 e. The number of carbonyl (C=O) groups is 1. The predicted octanol–water partition coefficient (Wildman–Crippen LogP) is 3.64. The van der Waals surface area contributed by atoms with Gasteiger partial charge in [-0.3, -0.25) is 0 Å². The summed E-state index contributed by atoms with van der Waals surface area (Å²) in [6, 6.07) is 5.27. The first-order valence-corrected chi connectivity index (χ1v) is 6.87. The first-order valence-electron chi connectivity index (χ1n) is 5.72. The molecule has 0 fully saturated rings. The Balaban J connectivity index is 2.31. The van der Waals surface area contributed by atoms with Gasteiger partial charge < -0.3 is 14.8 Å². The van der Waals surface area contributed by atoms with E-state index in [1.165, 1.54) is 18.6 Å². The summed E-state index contributed by atoms with van der Waals surface area (Å²) < 4.78 is 14.0. The molecule has 0 amide bonds. The zero-order chi connectivity index (χ0) is 14.7. The molecule has 7 heteroatoms. The number of carbonyl (C=O) groups excluding carboxylic acids is 1. The van der Waals surface area contributed by atoms with E-state index in [-0.39, 0.29) is 0 Å². The Morgan fingerprint density at radius 1 is 1.40 bits per heavy atom. The summed E-state index contributed by atoms with van der Waals surface area (Å²) in [6.07, 6.45) is 0. The maximum atomic E-state index is 11.7. The first-order chi connectivity index (χ1) is 9.56. The number of anilines is 2. The van der Waals surface area contributed by atoms with Gasteiger partial charge in [-0.2, -0.15) is 4.37 Å². The highest BCUT2D eigenvalue weighted by Gasteiger charge is 2.19. The second kappa shape index (κ2) is 6.11. The van der Waals surface area contributed by atoms with Crippen molar-refractivity contribution in [3.63, 3.8) is 0 Å². The van der Waals surface area contributed by atoms with Gasteiger partial charge in [0.15, 0.2) is 0 Å². The van der Waals surface area contributed by atoms with Gasteiger partial charge in [-0.15, -0.1) is 0 Å². The first kappa shape index (κ1) is 14.6. The highest BCUT2D eigenvalue weighted by Crippen LogP contribution is 2.32. The molecule has 0 aliphatic carbocycles. The fourth-order valence-electron chi connectivity index (χ4n) is 1.67. The lowest BCUT2D eigenvalue weighted by Crippen LogP contribution is -2.05. The van der Waals surface area contributed by atoms with Crippen LogP contribution in [0.5, 0.6) is 5.75 Å². The van der Waals surface area contributed by atoms with E-state index in [0.29, 0.717) is 27.0 Å². The minimum Gasteiger partial charge on any atom is -0.495 e. The van der Waals surface area contributed by atoms with Crippen molar-refractivity contribution >= 4 is 39.8 Å². The van der Waals surface area contributed by atoms with Gasteiger partial charge in [-0.1, -0.05) is 11.6 Å². The number of nitrogens with one attached hydrogen (secondary N) is 1. The fraction of sp³-hybridized carbons (Fsp3) is 0.231. The van der Waals surface area contributed by atoms with Gasteiger partial charge in [0.2, 0.25) is 0 Å². The summed E-state index contributed by atoms with van der Waals surface area (Å²) in [6.45, 7) is 1.76. The number of aromatic nitrogens is 1. The third-order valence-electron chi connectivity index (χ3n) is 2.66. The van der Waals surface area contributed by atoms with Crippen LogP contribution in [-0.4, -0.2) is 24.6 Å². The van der Waals surface area contributed by atoms with Crippen LogP contribution in [-0.2, 0) is 4.74 Å². The van der Waals surface area contributed by atoms with Gasteiger partial charge in [0.25, 0.3) is 0 Å². The maximum absolute atomic E-state index is 11.7. The minimum atomic E-state index is -0.418. The number of nitrogens with zero attached hydrogens (tertiary/aromatic N) is 1. The molecule has 0 radical (unpaired) electrons. The number of ether oxygens (including phenoxy) is 2. The van der Waals surface area contributed by atoms with Gasteiger partial charge in [-0.05, 0) is 36.7 Å². The van der Waals surface area contributed by atoms with E-state index in [0.717, 1.165) is 5.69 Å². The Morgan fingerprint density at radius 2 is 2.15 bits per heavy atom. The fourth-order valence-corrected chi connectivity index (χ4v) is 2.74. The number of halogens is 1. The van der Waals surface area contributed by atoms with E-state index in [1.807, 2.05) is 0 Å². The highest BCUT2D eigenvalue weighted by molar-refractivity contribution is 7.10. The number of benzene rings is 1. The van der Waals surface area contributed by atoms with Crippen molar-refractivity contribution in [2.24, 2.45) is 0 Å². The van der Waals surface area contributed by atoms with Crippen LogP contribution in [0.2, 0.25) is 5.02 Å². The molecular weight excluding hydrogens is 300 g/mol. The summed E-state index contributed by atoms with van der Waals surface area (Å²) in [5, 5.41) is 4.22. The average molecular weight is 313 g/mol. The van der Waals surface area contributed by atoms with Crippen LogP contribution in [0, 0.1) is 6.92 Å². The zero-order valence-corrected chi connectivity index (χ0v) is 12.8. The van der Waals surface area contributed by atoms with Crippen molar-refractivity contribution in [2.75, 3.05) is 19.5 Å². The standard InChI is InChI=1S/C13H13ClN2O3S/c1-7-11(13(17)19-3)12(20-16-7)15-8-4-5-10(18-2)9(14)6-8/h4-6,15H,1-3H3. The molecule has 1 aromatic carbocycles. The summed E-state index contributed by atoms with van der Waals surface area (Å²) in [5.74, 6) is 0.171. The number of methoxy groups -OCH3 is 2. The topological polar surface area (TPSA) is 60.5 Å². The molecule has 1 aromatic heterocycles. The number of esters is 1. The molecule has 20 heavy (non-hydrogen) atoms. The molecule has 5 nitrogen and oxygen atoms in total. The van der Waals surface area contributed by atoms with Gasteiger partial charge in [0.05, 0.1) is 24.9 Å². The lowest BCUT2D eigenvalue weighted by Gasteiger charge is -2.08. The Kier molecular flexibility index (Phi) is 4.46. The Morgan fingerprint density at radius 3 is 2.75 bits per heavy atom. The molecule has 0 saturated carbocycles. The molecule has 0 unspecified atom stereocenters. The average Bonchev–Trinajstić information content (AvgIpc) is 2.79. The molecule has 0 aliphatic heterocycles. The van der Waals surface area contributed by atoms with E-state index in [4.69, 9.17) is 21.1 Å². The molecule has 0 aliphatic rings. The third-order valence-corrected chi connectivity index (χ3v) is 3.81. The SMILES string of the molecule is COC(=O)c1c(C)nsc1Nc1ccc(OC)c(Cl)c1. The van der Waals surface area contributed by atoms with E-state index in [9.17, 15) is 4.79 Å². The zero-order valence-electron chi connectivity index (χ0n) is 11.2. The predicted molar refractivity (Wildman–Crippen MR) is 79.5 cm³/mol. The lowest BCUT2D eigenvalue weighted by molar-refractivity contribution is 0.0601. The smallest absolute Gasteiger partial charge is 0.342 e. The van der Waals surface area contributed by atoms with Gasteiger partial charge >= 0.3 is 5.97 Å². The van der Waals surface area contributed by atoms with Crippen molar-refractivity contribution < 1.29 is 14.3 Å². The number of hydrogen-bond donors (Lipinski definition) is 1. The molecule has 1 N–H and O–H groups in total. The molecule has 0 bridgehead atoms. The van der Waals surface area contributed by atoms with E-state index < -0.39 is 5.97 Å². The van der Waals surface area contributed by atoms with Crippen molar-refractivity contribution in [3.8, 4) is 5.75 Å². The number of rotatable bonds is 4.